The third-order valence-corrected chi connectivity index (χ3v) is 3.11. The molecule has 2 aromatic heterocycles. The van der Waals surface area contributed by atoms with Crippen LogP contribution in [0.2, 0.25) is 0 Å². The summed E-state index contributed by atoms with van der Waals surface area (Å²) in [5.74, 6) is 0.594. The lowest BCUT2D eigenvalue weighted by Crippen LogP contribution is -2.18. The molecule has 0 aliphatic carbocycles. The van der Waals surface area contributed by atoms with E-state index in [-0.39, 0.29) is 5.84 Å². The number of nitrogens with two attached hydrogens (primary N) is 1. The zero-order chi connectivity index (χ0) is 14.3. The topological polar surface area (TPSA) is 107 Å². The maximum absolute atomic E-state index is 8.94. The number of nitrogens with zero attached hydrogens (tertiary/aromatic N) is 6. The summed E-state index contributed by atoms with van der Waals surface area (Å²) in [4.78, 5) is 0. The summed E-state index contributed by atoms with van der Waals surface area (Å²) in [5.41, 5.74) is 8.51. The van der Waals surface area contributed by atoms with Crippen molar-refractivity contribution in [3.63, 3.8) is 0 Å². The number of fused-ring (bicyclic) bond motifs is 1. The Morgan fingerprint density at radius 3 is 2.85 bits per heavy atom. The number of rotatable bonds is 2. The summed E-state index contributed by atoms with van der Waals surface area (Å²) in [6, 6.07) is 7.55. The van der Waals surface area contributed by atoms with Gasteiger partial charge in [-0.3, -0.25) is 0 Å². The Balaban J connectivity index is 2.35. The van der Waals surface area contributed by atoms with Gasteiger partial charge in [0, 0.05) is 7.05 Å². The molecule has 0 bridgehead atoms. The molecule has 0 amide bonds. The van der Waals surface area contributed by atoms with Gasteiger partial charge in [-0.1, -0.05) is 22.5 Å². The van der Waals surface area contributed by atoms with E-state index in [9.17, 15) is 0 Å². The zero-order valence-electron chi connectivity index (χ0n) is 11.0. The second-order valence-electron chi connectivity index (χ2n) is 4.38. The molecular formula is C12H13N7O. The highest BCUT2D eigenvalue weighted by Gasteiger charge is 2.21. The van der Waals surface area contributed by atoms with Gasteiger partial charge in [0.2, 0.25) is 0 Å². The van der Waals surface area contributed by atoms with Gasteiger partial charge >= 0.3 is 0 Å². The van der Waals surface area contributed by atoms with Crippen LogP contribution in [0.5, 0.6) is 0 Å². The first-order chi connectivity index (χ1) is 9.63. The van der Waals surface area contributed by atoms with Crippen LogP contribution >= 0.6 is 0 Å². The Morgan fingerprint density at radius 2 is 2.10 bits per heavy atom. The first-order valence-electron chi connectivity index (χ1n) is 5.95. The highest BCUT2D eigenvalue weighted by atomic mass is 16.4. The van der Waals surface area contributed by atoms with Gasteiger partial charge in [-0.25, -0.2) is 4.68 Å². The van der Waals surface area contributed by atoms with Gasteiger partial charge in [0.1, 0.15) is 5.52 Å². The van der Waals surface area contributed by atoms with Crippen molar-refractivity contribution in [2.75, 3.05) is 0 Å². The molecule has 0 fully saturated rings. The molecule has 0 saturated heterocycles. The molecule has 0 saturated carbocycles. The molecule has 3 rings (SSSR count). The summed E-state index contributed by atoms with van der Waals surface area (Å²) >= 11 is 0. The number of hydrogen-bond acceptors (Lipinski definition) is 5. The molecule has 1 aromatic carbocycles. The number of hydrogen-bond donors (Lipinski definition) is 2. The first-order valence-corrected chi connectivity index (χ1v) is 5.95. The number of aryl methyl sites for hydroxylation is 2. The van der Waals surface area contributed by atoms with Gasteiger partial charge in [-0.2, -0.15) is 9.78 Å². The van der Waals surface area contributed by atoms with Crippen LogP contribution in [0.15, 0.2) is 29.4 Å². The summed E-state index contributed by atoms with van der Waals surface area (Å²) in [6.45, 7) is 1.79. The second-order valence-corrected chi connectivity index (χ2v) is 4.38. The summed E-state index contributed by atoms with van der Waals surface area (Å²) < 4.78 is 3.26. The van der Waals surface area contributed by atoms with E-state index in [1.165, 1.54) is 0 Å². The van der Waals surface area contributed by atoms with Gasteiger partial charge in [-0.05, 0) is 19.1 Å². The number of oxime groups is 1. The molecule has 0 aliphatic rings. The van der Waals surface area contributed by atoms with Crippen LogP contribution in [0.1, 0.15) is 11.3 Å². The van der Waals surface area contributed by atoms with E-state index >= 15 is 0 Å². The van der Waals surface area contributed by atoms with Crippen LogP contribution in [0.4, 0.5) is 0 Å². The van der Waals surface area contributed by atoms with Crippen molar-refractivity contribution < 1.29 is 5.21 Å². The number of benzene rings is 1. The van der Waals surface area contributed by atoms with Crippen molar-refractivity contribution in [1.29, 1.82) is 0 Å². The van der Waals surface area contributed by atoms with Crippen LogP contribution in [-0.2, 0) is 7.05 Å². The third-order valence-electron chi connectivity index (χ3n) is 3.11. The van der Waals surface area contributed by atoms with Crippen molar-refractivity contribution in [2.45, 2.75) is 6.92 Å². The van der Waals surface area contributed by atoms with E-state index < -0.39 is 0 Å². The average molecular weight is 271 g/mol. The standard InChI is InChI=1S/C12H13N7O/c1-7-10(11(13)16-20)12(18(2)15-7)19-9-6-4-3-5-8(9)14-17-19/h3-6,20H,1-2H3,(H2,13,16). The van der Waals surface area contributed by atoms with Crippen molar-refractivity contribution in [3.05, 3.63) is 35.5 Å². The molecule has 2 heterocycles. The minimum absolute atomic E-state index is 0.00909. The van der Waals surface area contributed by atoms with Crippen LogP contribution in [-0.4, -0.2) is 35.8 Å². The molecule has 0 atom stereocenters. The number of amidine groups is 1. The van der Waals surface area contributed by atoms with Crippen LogP contribution in [0.25, 0.3) is 16.9 Å². The summed E-state index contributed by atoms with van der Waals surface area (Å²) in [6.07, 6.45) is 0. The molecule has 20 heavy (non-hydrogen) atoms. The van der Waals surface area contributed by atoms with E-state index in [0.717, 1.165) is 11.0 Å². The van der Waals surface area contributed by atoms with E-state index in [4.69, 9.17) is 10.9 Å². The Labute approximate surface area is 114 Å². The normalized spacial score (nSPS) is 12.2. The average Bonchev–Trinajstić information content (AvgIpc) is 2.98. The molecule has 0 aliphatic heterocycles. The zero-order valence-corrected chi connectivity index (χ0v) is 11.0. The predicted molar refractivity (Wildman–Crippen MR) is 72.9 cm³/mol. The molecule has 0 radical (unpaired) electrons. The number of aromatic nitrogens is 5. The molecule has 102 valence electrons. The SMILES string of the molecule is Cc1nn(C)c(-n2nnc3ccccc32)c1C(N)=NO. The Hall–Kier alpha value is -2.90. The number of para-hydroxylation sites is 1. The fourth-order valence-electron chi connectivity index (χ4n) is 2.26. The molecular weight excluding hydrogens is 258 g/mol. The van der Waals surface area contributed by atoms with E-state index in [1.807, 2.05) is 24.3 Å². The second kappa shape index (κ2) is 4.34. The van der Waals surface area contributed by atoms with E-state index in [1.54, 1.807) is 23.3 Å². The van der Waals surface area contributed by atoms with E-state index in [0.29, 0.717) is 17.1 Å². The minimum Gasteiger partial charge on any atom is -0.409 e. The molecule has 3 aromatic rings. The lowest BCUT2D eigenvalue weighted by Gasteiger charge is -2.05. The van der Waals surface area contributed by atoms with Gasteiger partial charge in [-0.15, -0.1) is 5.10 Å². The van der Waals surface area contributed by atoms with Crippen molar-refractivity contribution in [1.82, 2.24) is 24.8 Å². The van der Waals surface area contributed by atoms with Crippen molar-refractivity contribution in [3.8, 4) is 5.82 Å². The van der Waals surface area contributed by atoms with Gasteiger partial charge < -0.3 is 10.9 Å². The quantitative estimate of drug-likeness (QED) is 0.306. The highest BCUT2D eigenvalue weighted by molar-refractivity contribution is 6.01. The monoisotopic (exact) mass is 271 g/mol. The van der Waals surface area contributed by atoms with Crippen molar-refractivity contribution >= 4 is 16.9 Å². The molecule has 8 nitrogen and oxygen atoms in total. The van der Waals surface area contributed by atoms with Gasteiger partial charge in [0.25, 0.3) is 0 Å². The highest BCUT2D eigenvalue weighted by Crippen LogP contribution is 2.21. The Kier molecular flexibility index (Phi) is 2.63. The maximum atomic E-state index is 8.94. The predicted octanol–water partition coefficient (Wildman–Crippen LogP) is 0.557. The maximum Gasteiger partial charge on any atom is 0.175 e. The fraction of sp³-hybridized carbons (Fsp3) is 0.167. The van der Waals surface area contributed by atoms with Crippen LogP contribution in [0, 0.1) is 6.92 Å². The molecule has 0 unspecified atom stereocenters. The van der Waals surface area contributed by atoms with Crippen molar-refractivity contribution in [2.24, 2.45) is 17.9 Å². The third kappa shape index (κ3) is 1.62. The lowest BCUT2D eigenvalue weighted by molar-refractivity contribution is 0.318. The molecule has 8 heteroatoms. The Bertz CT molecular complexity index is 814. The molecule has 3 N–H and O–H groups in total. The smallest absolute Gasteiger partial charge is 0.175 e. The fourth-order valence-corrected chi connectivity index (χ4v) is 2.26. The van der Waals surface area contributed by atoms with Crippen LogP contribution < -0.4 is 5.73 Å². The largest absolute Gasteiger partial charge is 0.409 e. The van der Waals surface area contributed by atoms with Gasteiger partial charge in [0.15, 0.2) is 11.7 Å². The van der Waals surface area contributed by atoms with Crippen LogP contribution in [0.3, 0.4) is 0 Å². The van der Waals surface area contributed by atoms with Gasteiger partial charge in [0.05, 0.1) is 16.8 Å². The summed E-state index contributed by atoms with van der Waals surface area (Å²) in [7, 11) is 1.77. The lowest BCUT2D eigenvalue weighted by atomic mass is 10.2. The first kappa shape index (κ1) is 12.2. The van der Waals surface area contributed by atoms with E-state index in [2.05, 4.69) is 20.6 Å². The summed E-state index contributed by atoms with van der Waals surface area (Å²) in [5, 5.41) is 24.5. The minimum atomic E-state index is -0.00909. The Morgan fingerprint density at radius 1 is 1.35 bits per heavy atom. The molecule has 0 spiro atoms.